The summed E-state index contributed by atoms with van der Waals surface area (Å²) in [5.41, 5.74) is 1.22. The van der Waals surface area contributed by atoms with Gasteiger partial charge in [0, 0.05) is 24.2 Å². The minimum atomic E-state index is -0.208. The first-order valence-corrected chi connectivity index (χ1v) is 7.57. The number of rotatable bonds is 1. The van der Waals surface area contributed by atoms with Crippen LogP contribution in [0.5, 0.6) is 0 Å². The summed E-state index contributed by atoms with van der Waals surface area (Å²) in [6, 6.07) is 5.14. The van der Waals surface area contributed by atoms with Crippen molar-refractivity contribution in [2.75, 3.05) is 19.7 Å². The predicted octanol–water partition coefficient (Wildman–Crippen LogP) is 2.80. The molecule has 3 nitrogen and oxygen atoms in total. The van der Waals surface area contributed by atoms with E-state index in [1.165, 1.54) is 6.42 Å². The maximum absolute atomic E-state index is 12.6. The third-order valence-electron chi connectivity index (χ3n) is 3.67. The minimum Gasteiger partial charge on any atom is -0.384 e. The van der Waals surface area contributed by atoms with Gasteiger partial charge in [0.1, 0.15) is 6.61 Å². The van der Waals surface area contributed by atoms with E-state index in [1.54, 1.807) is 18.2 Å². The van der Waals surface area contributed by atoms with Crippen LogP contribution < -0.4 is 0 Å². The average Bonchev–Trinajstić information content (AvgIpc) is 2.44. The Morgan fingerprint density at radius 1 is 1.38 bits per heavy atom. The van der Waals surface area contributed by atoms with E-state index in [2.05, 4.69) is 25.7 Å². The van der Waals surface area contributed by atoms with Crippen LogP contribution in [0.3, 0.4) is 0 Å². The van der Waals surface area contributed by atoms with E-state index in [4.69, 9.17) is 16.7 Å². The molecule has 2 unspecified atom stereocenters. The molecule has 0 aliphatic carbocycles. The molecule has 1 heterocycles. The van der Waals surface area contributed by atoms with Crippen molar-refractivity contribution in [2.24, 2.45) is 11.8 Å². The van der Waals surface area contributed by atoms with E-state index in [1.807, 2.05) is 4.90 Å². The number of carbonyl (C=O) groups excluding carboxylic acids is 1. The van der Waals surface area contributed by atoms with Crippen molar-refractivity contribution in [1.29, 1.82) is 0 Å². The highest BCUT2D eigenvalue weighted by Gasteiger charge is 2.26. The van der Waals surface area contributed by atoms with Crippen LogP contribution in [0.2, 0.25) is 5.02 Å². The zero-order chi connectivity index (χ0) is 15.4. The number of aliphatic hydroxyl groups excluding tert-OH is 1. The van der Waals surface area contributed by atoms with Gasteiger partial charge in [-0.05, 0) is 36.5 Å². The number of nitrogens with zero attached hydrogens (tertiary/aromatic N) is 1. The monoisotopic (exact) mass is 305 g/mol. The van der Waals surface area contributed by atoms with Gasteiger partial charge < -0.3 is 10.0 Å². The second-order valence-corrected chi connectivity index (χ2v) is 6.22. The number of aliphatic hydroxyl groups is 1. The van der Waals surface area contributed by atoms with Crippen LogP contribution in [-0.2, 0) is 0 Å². The van der Waals surface area contributed by atoms with E-state index in [-0.39, 0.29) is 12.5 Å². The van der Waals surface area contributed by atoms with Crippen LogP contribution in [0.25, 0.3) is 0 Å². The lowest BCUT2D eigenvalue weighted by Gasteiger charge is -2.35. The van der Waals surface area contributed by atoms with E-state index in [0.29, 0.717) is 28.0 Å². The fraction of sp³-hybridized carbons (Fsp3) is 0.471. The molecular weight excluding hydrogens is 286 g/mol. The molecule has 0 radical (unpaired) electrons. The quantitative estimate of drug-likeness (QED) is 0.811. The lowest BCUT2D eigenvalue weighted by Crippen LogP contribution is -2.42. The number of benzene rings is 1. The number of hydrogen-bond acceptors (Lipinski definition) is 2. The Morgan fingerprint density at radius 3 is 2.62 bits per heavy atom. The van der Waals surface area contributed by atoms with Gasteiger partial charge in [-0.3, -0.25) is 4.79 Å². The van der Waals surface area contributed by atoms with Crippen molar-refractivity contribution >= 4 is 17.5 Å². The Morgan fingerprint density at radius 2 is 2.05 bits per heavy atom. The summed E-state index contributed by atoms with van der Waals surface area (Å²) in [5.74, 6) is 6.41. The first kappa shape index (κ1) is 15.9. The Hall–Kier alpha value is -1.50. The van der Waals surface area contributed by atoms with Crippen molar-refractivity contribution < 1.29 is 9.90 Å². The molecule has 21 heavy (non-hydrogen) atoms. The second-order valence-electron chi connectivity index (χ2n) is 5.81. The number of piperidine rings is 1. The van der Waals surface area contributed by atoms with Crippen LogP contribution in [-0.4, -0.2) is 35.6 Å². The summed E-state index contributed by atoms with van der Waals surface area (Å²) < 4.78 is 0. The largest absolute Gasteiger partial charge is 0.384 e. The summed E-state index contributed by atoms with van der Waals surface area (Å²) in [6.45, 7) is 5.74. The van der Waals surface area contributed by atoms with Crippen molar-refractivity contribution in [3.05, 3.63) is 34.3 Å². The van der Waals surface area contributed by atoms with Gasteiger partial charge in [0.15, 0.2) is 0 Å². The van der Waals surface area contributed by atoms with Crippen LogP contribution in [0.15, 0.2) is 18.2 Å². The van der Waals surface area contributed by atoms with Gasteiger partial charge in [-0.25, -0.2) is 0 Å². The number of carbonyl (C=O) groups is 1. The molecule has 112 valence electrons. The van der Waals surface area contributed by atoms with E-state index < -0.39 is 0 Å². The lowest BCUT2D eigenvalue weighted by molar-refractivity contribution is 0.0623. The molecule has 2 atom stereocenters. The molecule has 0 bridgehead atoms. The minimum absolute atomic E-state index is 0.0250. The molecule has 0 saturated carbocycles. The van der Waals surface area contributed by atoms with E-state index >= 15 is 0 Å². The molecule has 0 spiro atoms. The number of halogens is 1. The highest BCUT2D eigenvalue weighted by atomic mass is 35.5. The number of likely N-dealkylation sites (tertiary alicyclic amines) is 1. The van der Waals surface area contributed by atoms with Gasteiger partial charge >= 0.3 is 0 Å². The van der Waals surface area contributed by atoms with Gasteiger partial charge in [0.25, 0.3) is 5.91 Å². The van der Waals surface area contributed by atoms with E-state index in [0.717, 1.165) is 13.1 Å². The Bertz CT molecular complexity index is 578. The molecular formula is C17H20ClNO2. The van der Waals surface area contributed by atoms with Crippen molar-refractivity contribution in [1.82, 2.24) is 4.90 Å². The molecule has 1 aliphatic rings. The van der Waals surface area contributed by atoms with Gasteiger partial charge in [-0.1, -0.05) is 37.3 Å². The average molecular weight is 306 g/mol. The highest BCUT2D eigenvalue weighted by Crippen LogP contribution is 2.24. The molecule has 1 fully saturated rings. The van der Waals surface area contributed by atoms with Gasteiger partial charge in [-0.15, -0.1) is 0 Å². The Kier molecular flexibility index (Phi) is 5.27. The van der Waals surface area contributed by atoms with Crippen LogP contribution in [0, 0.1) is 23.7 Å². The van der Waals surface area contributed by atoms with Gasteiger partial charge in [0.05, 0.1) is 5.02 Å². The third kappa shape index (κ3) is 4.00. The normalized spacial score (nSPS) is 21.6. The fourth-order valence-electron chi connectivity index (χ4n) is 2.90. The molecule has 0 aromatic heterocycles. The summed E-state index contributed by atoms with van der Waals surface area (Å²) in [6.07, 6.45) is 1.17. The standard InChI is InChI=1S/C17H20ClNO2/c1-12-8-13(2)11-19(10-12)17(21)15-6-5-14(4-3-7-20)16(18)9-15/h5-6,9,12-13,20H,7-8,10-11H2,1-2H3. The first-order valence-electron chi connectivity index (χ1n) is 7.19. The van der Waals surface area contributed by atoms with Gasteiger partial charge in [-0.2, -0.15) is 0 Å². The first-order chi connectivity index (χ1) is 10.0. The maximum atomic E-state index is 12.6. The lowest BCUT2D eigenvalue weighted by atomic mass is 9.91. The third-order valence-corrected chi connectivity index (χ3v) is 3.99. The summed E-state index contributed by atoms with van der Waals surface area (Å²) >= 11 is 6.15. The molecule has 1 aromatic rings. The molecule has 1 saturated heterocycles. The van der Waals surface area contributed by atoms with Crippen molar-refractivity contribution in [3.8, 4) is 11.8 Å². The molecule has 1 aliphatic heterocycles. The fourth-order valence-corrected chi connectivity index (χ4v) is 3.12. The predicted molar refractivity (Wildman–Crippen MR) is 84.3 cm³/mol. The SMILES string of the molecule is CC1CC(C)CN(C(=O)c2ccc(C#CCO)c(Cl)c2)C1. The molecule has 2 rings (SSSR count). The maximum Gasteiger partial charge on any atom is 0.253 e. The molecule has 1 amide bonds. The molecule has 1 aromatic carbocycles. The van der Waals surface area contributed by atoms with E-state index in [9.17, 15) is 4.79 Å². The summed E-state index contributed by atoms with van der Waals surface area (Å²) in [7, 11) is 0. The zero-order valence-corrected chi connectivity index (χ0v) is 13.2. The number of amides is 1. The van der Waals surface area contributed by atoms with Crippen LogP contribution in [0.1, 0.15) is 36.2 Å². The number of hydrogen-bond donors (Lipinski definition) is 1. The topological polar surface area (TPSA) is 40.5 Å². The van der Waals surface area contributed by atoms with Crippen molar-refractivity contribution in [2.45, 2.75) is 20.3 Å². The Balaban J connectivity index is 2.18. The summed E-state index contributed by atoms with van der Waals surface area (Å²) in [4.78, 5) is 14.5. The van der Waals surface area contributed by atoms with Crippen LogP contribution >= 0.6 is 11.6 Å². The Labute approximate surface area is 130 Å². The van der Waals surface area contributed by atoms with Crippen molar-refractivity contribution in [3.63, 3.8) is 0 Å². The van der Waals surface area contributed by atoms with Gasteiger partial charge in [0.2, 0.25) is 0 Å². The second kappa shape index (κ2) is 6.98. The van der Waals surface area contributed by atoms with Crippen LogP contribution in [0.4, 0.5) is 0 Å². The molecule has 1 N–H and O–H groups in total. The zero-order valence-electron chi connectivity index (χ0n) is 12.4. The highest BCUT2D eigenvalue weighted by molar-refractivity contribution is 6.32. The summed E-state index contributed by atoms with van der Waals surface area (Å²) in [5, 5.41) is 9.15. The molecule has 4 heteroatoms. The smallest absolute Gasteiger partial charge is 0.253 e.